The van der Waals surface area contributed by atoms with Crippen molar-refractivity contribution in [2.75, 3.05) is 13.1 Å². The van der Waals surface area contributed by atoms with Crippen LogP contribution in [0.25, 0.3) is 5.57 Å². The summed E-state index contributed by atoms with van der Waals surface area (Å²) < 4.78 is 0. The van der Waals surface area contributed by atoms with Crippen LogP contribution in [-0.4, -0.2) is 40.6 Å². The molecule has 2 saturated heterocycles. The molecule has 0 saturated carbocycles. The standard InChI is InChI=1S/C17H19N3O2/c1-3-12(2)13-8-4-5-9-14(13)18-15-16(21)19-10-6-7-11-20(19)17(15)22/h3-5,8-9H,6-7,10-11H2,1-2H3/b12-3-. The average Bonchev–Trinajstić information content (AvgIpc) is 2.80. The van der Waals surface area contributed by atoms with E-state index in [2.05, 4.69) is 4.99 Å². The minimum atomic E-state index is -0.280. The average molecular weight is 297 g/mol. The Kier molecular flexibility index (Phi) is 3.79. The molecule has 1 aromatic carbocycles. The van der Waals surface area contributed by atoms with E-state index in [1.165, 1.54) is 10.0 Å². The molecule has 5 heteroatoms. The second-order valence-electron chi connectivity index (χ2n) is 5.51. The SMILES string of the molecule is C/C=C(/C)c1ccccc1N=C1C(=O)N2CCCCN2C1=O. The van der Waals surface area contributed by atoms with Crippen LogP contribution in [-0.2, 0) is 9.59 Å². The molecule has 2 amide bonds. The molecule has 3 rings (SSSR count). The number of rotatable bonds is 2. The van der Waals surface area contributed by atoms with Crippen LogP contribution in [0.15, 0.2) is 35.3 Å². The number of nitrogens with zero attached hydrogens (tertiary/aromatic N) is 3. The first kappa shape index (κ1) is 14.5. The lowest BCUT2D eigenvalue weighted by molar-refractivity contribution is -0.150. The number of hydrogen-bond acceptors (Lipinski definition) is 3. The second-order valence-corrected chi connectivity index (χ2v) is 5.51. The molecular weight excluding hydrogens is 278 g/mol. The van der Waals surface area contributed by atoms with Gasteiger partial charge in [-0.2, -0.15) is 0 Å². The Morgan fingerprint density at radius 1 is 1.09 bits per heavy atom. The Bertz CT molecular complexity index is 665. The third-order valence-corrected chi connectivity index (χ3v) is 4.15. The summed E-state index contributed by atoms with van der Waals surface area (Å²) in [5.41, 5.74) is 2.70. The van der Waals surface area contributed by atoms with Crippen LogP contribution < -0.4 is 0 Å². The fourth-order valence-electron chi connectivity index (χ4n) is 2.80. The third kappa shape index (κ3) is 2.32. The van der Waals surface area contributed by atoms with Crippen LogP contribution in [0.3, 0.4) is 0 Å². The maximum absolute atomic E-state index is 12.4. The van der Waals surface area contributed by atoms with Gasteiger partial charge in [0.2, 0.25) is 0 Å². The second kappa shape index (κ2) is 5.75. The molecule has 5 nitrogen and oxygen atoms in total. The van der Waals surface area contributed by atoms with Gasteiger partial charge in [0.25, 0.3) is 11.8 Å². The van der Waals surface area contributed by atoms with E-state index < -0.39 is 0 Å². The number of aliphatic imine (C=N–C) groups is 1. The Balaban J connectivity index is 2.03. The lowest BCUT2D eigenvalue weighted by atomic mass is 10.1. The van der Waals surface area contributed by atoms with Gasteiger partial charge >= 0.3 is 0 Å². The number of allylic oxidation sites excluding steroid dienone is 2. The molecule has 0 atom stereocenters. The largest absolute Gasteiger partial charge is 0.296 e. The monoisotopic (exact) mass is 297 g/mol. The van der Waals surface area contributed by atoms with E-state index in [-0.39, 0.29) is 17.5 Å². The molecule has 0 aromatic heterocycles. The lowest BCUT2D eigenvalue weighted by Gasteiger charge is -2.31. The molecule has 0 bridgehead atoms. The maximum atomic E-state index is 12.4. The van der Waals surface area contributed by atoms with Gasteiger partial charge in [0.05, 0.1) is 5.69 Å². The van der Waals surface area contributed by atoms with Crippen molar-refractivity contribution in [2.45, 2.75) is 26.7 Å². The van der Waals surface area contributed by atoms with Crippen molar-refractivity contribution < 1.29 is 9.59 Å². The summed E-state index contributed by atoms with van der Waals surface area (Å²) in [4.78, 5) is 29.3. The zero-order valence-electron chi connectivity index (χ0n) is 12.9. The highest BCUT2D eigenvalue weighted by Gasteiger charge is 2.43. The van der Waals surface area contributed by atoms with Gasteiger partial charge in [0, 0.05) is 18.7 Å². The quantitative estimate of drug-likeness (QED) is 0.842. The molecule has 0 N–H and O–H groups in total. The molecule has 114 valence electrons. The van der Waals surface area contributed by atoms with E-state index in [0.29, 0.717) is 18.8 Å². The highest BCUT2D eigenvalue weighted by molar-refractivity contribution is 6.67. The van der Waals surface area contributed by atoms with Gasteiger partial charge in [-0.05, 0) is 38.3 Å². The van der Waals surface area contributed by atoms with Gasteiger partial charge in [-0.1, -0.05) is 24.3 Å². The Morgan fingerprint density at radius 3 is 2.27 bits per heavy atom. The summed E-state index contributed by atoms with van der Waals surface area (Å²) in [6.07, 6.45) is 3.85. The number of hydrogen-bond donors (Lipinski definition) is 0. The predicted octanol–water partition coefficient (Wildman–Crippen LogP) is 2.56. The normalized spacial score (nSPS) is 18.8. The Morgan fingerprint density at radius 2 is 1.68 bits per heavy atom. The lowest BCUT2D eigenvalue weighted by Crippen LogP contribution is -2.45. The molecule has 2 aliphatic heterocycles. The predicted molar refractivity (Wildman–Crippen MR) is 85.5 cm³/mol. The topological polar surface area (TPSA) is 53.0 Å². The van der Waals surface area contributed by atoms with Crippen LogP contribution in [0.4, 0.5) is 5.69 Å². The molecule has 2 heterocycles. The molecule has 2 fully saturated rings. The maximum Gasteiger partial charge on any atom is 0.296 e. The fraction of sp³-hybridized carbons (Fsp3) is 0.353. The molecule has 2 aliphatic rings. The number of benzene rings is 1. The van der Waals surface area contributed by atoms with Crippen molar-refractivity contribution >= 4 is 28.8 Å². The fourth-order valence-corrected chi connectivity index (χ4v) is 2.80. The Hall–Kier alpha value is -2.43. The summed E-state index contributed by atoms with van der Waals surface area (Å²) in [5, 5.41) is 3.05. The van der Waals surface area contributed by atoms with Crippen molar-refractivity contribution in [1.29, 1.82) is 0 Å². The highest BCUT2D eigenvalue weighted by Crippen LogP contribution is 2.28. The number of para-hydroxylation sites is 1. The van der Waals surface area contributed by atoms with Crippen molar-refractivity contribution in [2.24, 2.45) is 4.99 Å². The number of carbonyl (C=O) groups excluding carboxylic acids is 2. The summed E-state index contributed by atoms with van der Waals surface area (Å²) in [6, 6.07) is 7.58. The van der Waals surface area contributed by atoms with Gasteiger partial charge in [0.1, 0.15) is 0 Å². The zero-order chi connectivity index (χ0) is 15.7. The molecule has 22 heavy (non-hydrogen) atoms. The van der Waals surface area contributed by atoms with Gasteiger partial charge in [0.15, 0.2) is 5.71 Å². The van der Waals surface area contributed by atoms with Crippen LogP contribution in [0.2, 0.25) is 0 Å². The van der Waals surface area contributed by atoms with Crippen LogP contribution in [0.1, 0.15) is 32.3 Å². The van der Waals surface area contributed by atoms with E-state index in [0.717, 1.165) is 24.0 Å². The molecule has 0 spiro atoms. The van der Waals surface area contributed by atoms with Crippen LogP contribution in [0.5, 0.6) is 0 Å². The first-order valence-corrected chi connectivity index (χ1v) is 7.58. The van der Waals surface area contributed by atoms with Gasteiger partial charge in [-0.15, -0.1) is 0 Å². The first-order chi connectivity index (χ1) is 10.6. The van der Waals surface area contributed by atoms with Gasteiger partial charge < -0.3 is 0 Å². The molecular formula is C17H19N3O2. The molecule has 0 radical (unpaired) electrons. The van der Waals surface area contributed by atoms with Crippen LogP contribution >= 0.6 is 0 Å². The summed E-state index contributed by atoms with van der Waals surface area (Å²) in [5.74, 6) is -0.560. The highest BCUT2D eigenvalue weighted by atomic mass is 16.2. The molecule has 0 unspecified atom stereocenters. The number of fused-ring (bicyclic) bond motifs is 1. The number of carbonyl (C=O) groups is 2. The summed E-state index contributed by atoms with van der Waals surface area (Å²) in [6.45, 7) is 5.14. The minimum absolute atomic E-state index is 0.0262. The molecule has 0 aliphatic carbocycles. The minimum Gasteiger partial charge on any atom is -0.265 e. The van der Waals surface area contributed by atoms with Crippen molar-refractivity contribution in [1.82, 2.24) is 10.0 Å². The van der Waals surface area contributed by atoms with Gasteiger partial charge in [-0.25, -0.2) is 15.0 Å². The Labute approximate surface area is 129 Å². The van der Waals surface area contributed by atoms with E-state index in [4.69, 9.17) is 0 Å². The van der Waals surface area contributed by atoms with Crippen molar-refractivity contribution in [3.8, 4) is 0 Å². The van der Waals surface area contributed by atoms with E-state index in [1.54, 1.807) is 0 Å². The van der Waals surface area contributed by atoms with Gasteiger partial charge in [-0.3, -0.25) is 9.59 Å². The van der Waals surface area contributed by atoms with Crippen LogP contribution in [0, 0.1) is 0 Å². The molecule has 1 aromatic rings. The van der Waals surface area contributed by atoms with E-state index in [9.17, 15) is 9.59 Å². The van der Waals surface area contributed by atoms with E-state index >= 15 is 0 Å². The van der Waals surface area contributed by atoms with Crippen molar-refractivity contribution in [3.63, 3.8) is 0 Å². The van der Waals surface area contributed by atoms with E-state index in [1.807, 2.05) is 44.2 Å². The smallest absolute Gasteiger partial charge is 0.265 e. The zero-order valence-corrected chi connectivity index (χ0v) is 12.9. The number of amides is 2. The first-order valence-electron chi connectivity index (χ1n) is 7.58. The number of hydrazine groups is 1. The summed E-state index contributed by atoms with van der Waals surface area (Å²) >= 11 is 0. The third-order valence-electron chi connectivity index (χ3n) is 4.15. The van der Waals surface area contributed by atoms with Crippen molar-refractivity contribution in [3.05, 3.63) is 35.9 Å². The summed E-state index contributed by atoms with van der Waals surface area (Å²) in [7, 11) is 0.